The monoisotopic (exact) mass is 392 g/mol. The van der Waals surface area contributed by atoms with Crippen LogP contribution in [0.15, 0.2) is 35.5 Å². The number of hydrogen-bond donors (Lipinski definition) is 2. The number of rotatable bonds is 4. The first-order chi connectivity index (χ1) is 12.8. The summed E-state index contributed by atoms with van der Waals surface area (Å²) in [6.45, 7) is 1.79. The highest BCUT2D eigenvalue weighted by Crippen LogP contribution is 2.37. The number of anilines is 1. The molecule has 1 aromatic carbocycles. The molecule has 0 bridgehead atoms. The molecule has 2 heterocycles. The molecule has 0 aliphatic carbocycles. The number of benzene rings is 1. The Bertz CT molecular complexity index is 922. The van der Waals surface area contributed by atoms with Crippen molar-refractivity contribution < 1.29 is 18.3 Å². The Morgan fingerprint density at radius 1 is 1.33 bits per heavy atom. The van der Waals surface area contributed by atoms with Gasteiger partial charge in [-0.25, -0.2) is 13.8 Å². The Hall–Kier alpha value is -2.68. The van der Waals surface area contributed by atoms with Crippen molar-refractivity contribution in [2.75, 3.05) is 18.2 Å². The zero-order valence-corrected chi connectivity index (χ0v) is 15.6. The van der Waals surface area contributed by atoms with Gasteiger partial charge in [0.2, 0.25) is 0 Å². The maximum Gasteiger partial charge on any atom is 0.277 e. The van der Waals surface area contributed by atoms with Gasteiger partial charge in [0, 0.05) is 23.1 Å². The molecule has 0 unspecified atom stereocenters. The summed E-state index contributed by atoms with van der Waals surface area (Å²) in [6.07, 6.45) is 1.84. The van der Waals surface area contributed by atoms with Crippen LogP contribution in [0.2, 0.25) is 0 Å². The van der Waals surface area contributed by atoms with Crippen molar-refractivity contribution in [2.24, 2.45) is 10.7 Å². The van der Waals surface area contributed by atoms with Crippen LogP contribution in [0.25, 0.3) is 0 Å². The molecule has 0 radical (unpaired) electrons. The maximum absolute atomic E-state index is 14.4. The molecule has 1 atom stereocenters. The minimum absolute atomic E-state index is 0.201. The summed E-state index contributed by atoms with van der Waals surface area (Å²) in [7, 11) is 1.37. The van der Waals surface area contributed by atoms with Crippen molar-refractivity contribution in [1.82, 2.24) is 4.98 Å². The van der Waals surface area contributed by atoms with Crippen molar-refractivity contribution in [3.8, 4) is 5.75 Å². The Labute approximate surface area is 159 Å². The summed E-state index contributed by atoms with van der Waals surface area (Å²) >= 11 is 1.41. The van der Waals surface area contributed by atoms with Gasteiger partial charge in [-0.2, -0.15) is 0 Å². The molecule has 3 N–H and O–H groups in total. The van der Waals surface area contributed by atoms with Gasteiger partial charge < -0.3 is 15.8 Å². The van der Waals surface area contributed by atoms with Crippen molar-refractivity contribution in [2.45, 2.75) is 18.9 Å². The number of pyridine rings is 1. The second-order valence-corrected chi connectivity index (χ2v) is 7.29. The molecule has 142 valence electrons. The molecule has 0 spiro atoms. The third kappa shape index (κ3) is 4.02. The SMILES string of the molecule is COc1cnc(C(=O)Nc2ccc(F)c([C@]3(C)CCSC(N)=N3)c2)c(F)c1. The minimum atomic E-state index is -0.830. The lowest BCUT2D eigenvalue weighted by atomic mass is 9.89. The summed E-state index contributed by atoms with van der Waals surface area (Å²) in [4.78, 5) is 20.5. The Kier molecular flexibility index (Phi) is 5.31. The van der Waals surface area contributed by atoms with Crippen LogP contribution in [0.5, 0.6) is 5.75 Å². The lowest BCUT2D eigenvalue weighted by Gasteiger charge is -2.30. The van der Waals surface area contributed by atoms with Gasteiger partial charge in [0.05, 0.1) is 18.8 Å². The molecule has 1 aromatic heterocycles. The second kappa shape index (κ2) is 7.51. The number of ether oxygens (including phenoxy) is 1. The van der Waals surface area contributed by atoms with Crippen molar-refractivity contribution in [3.05, 3.63) is 53.4 Å². The number of amides is 1. The molecule has 0 fully saturated rings. The number of nitrogens with zero attached hydrogens (tertiary/aromatic N) is 2. The van der Waals surface area contributed by atoms with Gasteiger partial charge >= 0.3 is 0 Å². The van der Waals surface area contributed by atoms with E-state index in [4.69, 9.17) is 10.5 Å². The fourth-order valence-corrected chi connectivity index (χ4v) is 3.76. The van der Waals surface area contributed by atoms with E-state index >= 15 is 0 Å². The molecule has 27 heavy (non-hydrogen) atoms. The molecule has 0 saturated heterocycles. The van der Waals surface area contributed by atoms with Crippen LogP contribution in [0, 0.1) is 11.6 Å². The van der Waals surface area contributed by atoms with Crippen LogP contribution in [-0.4, -0.2) is 28.9 Å². The van der Waals surface area contributed by atoms with Gasteiger partial charge in [0.15, 0.2) is 16.7 Å². The van der Waals surface area contributed by atoms with Gasteiger partial charge in [-0.15, -0.1) is 0 Å². The zero-order chi connectivity index (χ0) is 19.6. The van der Waals surface area contributed by atoms with Crippen LogP contribution >= 0.6 is 11.8 Å². The van der Waals surface area contributed by atoms with Crippen molar-refractivity contribution in [1.29, 1.82) is 0 Å². The van der Waals surface area contributed by atoms with E-state index < -0.39 is 23.1 Å². The van der Waals surface area contributed by atoms with E-state index in [9.17, 15) is 13.6 Å². The molecule has 1 aliphatic rings. The van der Waals surface area contributed by atoms with E-state index in [-0.39, 0.29) is 11.4 Å². The van der Waals surface area contributed by atoms with E-state index in [1.165, 1.54) is 43.3 Å². The summed E-state index contributed by atoms with van der Waals surface area (Å²) < 4.78 is 33.3. The van der Waals surface area contributed by atoms with Gasteiger partial charge in [0.25, 0.3) is 5.91 Å². The van der Waals surface area contributed by atoms with Gasteiger partial charge in [0.1, 0.15) is 11.6 Å². The number of thioether (sulfide) groups is 1. The van der Waals surface area contributed by atoms with Crippen LogP contribution in [0.3, 0.4) is 0 Å². The molecule has 1 amide bonds. The molecule has 2 aromatic rings. The highest BCUT2D eigenvalue weighted by molar-refractivity contribution is 8.13. The standard InChI is InChI=1S/C18H18F2N4O2S/c1-18(5-6-27-17(21)24-18)12-7-10(3-4-13(12)19)23-16(25)15-14(20)8-11(26-2)9-22-15/h3-4,7-9H,5-6H2,1-2H3,(H2,21,24)(H,23,25)/t18-/m0/s1. The molecular formula is C18H18F2N4O2S. The van der Waals surface area contributed by atoms with Gasteiger partial charge in [-0.3, -0.25) is 9.79 Å². The number of carbonyl (C=O) groups is 1. The van der Waals surface area contributed by atoms with Crippen LogP contribution in [-0.2, 0) is 5.54 Å². The lowest BCUT2D eigenvalue weighted by Crippen LogP contribution is -2.30. The third-order valence-electron chi connectivity index (χ3n) is 4.27. The van der Waals surface area contributed by atoms with E-state index in [1.807, 2.05) is 0 Å². The highest BCUT2D eigenvalue weighted by atomic mass is 32.2. The smallest absolute Gasteiger partial charge is 0.277 e. The largest absolute Gasteiger partial charge is 0.495 e. The first-order valence-corrected chi connectivity index (χ1v) is 9.10. The van der Waals surface area contributed by atoms with Crippen LogP contribution in [0.1, 0.15) is 29.4 Å². The molecular weight excluding hydrogens is 374 g/mol. The number of carbonyl (C=O) groups excluding carboxylic acids is 1. The average molecular weight is 392 g/mol. The lowest BCUT2D eigenvalue weighted by molar-refractivity contribution is 0.101. The zero-order valence-electron chi connectivity index (χ0n) is 14.8. The summed E-state index contributed by atoms with van der Waals surface area (Å²) in [5.41, 5.74) is 5.20. The average Bonchev–Trinajstić information content (AvgIpc) is 2.62. The number of hydrogen-bond acceptors (Lipinski definition) is 6. The Morgan fingerprint density at radius 3 is 2.78 bits per heavy atom. The van der Waals surface area contributed by atoms with E-state index in [1.54, 1.807) is 6.92 Å². The fraction of sp³-hybridized carbons (Fsp3) is 0.278. The third-order valence-corrected chi connectivity index (χ3v) is 5.06. The second-order valence-electron chi connectivity index (χ2n) is 6.18. The fourth-order valence-electron chi connectivity index (χ4n) is 2.79. The van der Waals surface area contributed by atoms with Crippen molar-refractivity contribution >= 4 is 28.5 Å². The number of nitrogens with one attached hydrogen (secondary N) is 1. The van der Waals surface area contributed by atoms with E-state index in [0.29, 0.717) is 28.6 Å². The molecule has 6 nitrogen and oxygen atoms in total. The summed E-state index contributed by atoms with van der Waals surface area (Å²) in [5.74, 6) is -1.11. The number of aliphatic imine (C=N–C) groups is 1. The van der Waals surface area contributed by atoms with Crippen LogP contribution < -0.4 is 15.8 Å². The number of aromatic nitrogens is 1. The topological polar surface area (TPSA) is 89.6 Å². The highest BCUT2D eigenvalue weighted by Gasteiger charge is 2.32. The minimum Gasteiger partial charge on any atom is -0.495 e. The van der Waals surface area contributed by atoms with Gasteiger partial charge in [-0.05, 0) is 31.5 Å². The first kappa shape index (κ1) is 19.1. The first-order valence-electron chi connectivity index (χ1n) is 8.11. The number of halogens is 2. The summed E-state index contributed by atoms with van der Waals surface area (Å²) in [6, 6.07) is 5.19. The number of methoxy groups -OCH3 is 1. The maximum atomic E-state index is 14.4. The molecule has 9 heteroatoms. The molecule has 1 aliphatic heterocycles. The van der Waals surface area contributed by atoms with E-state index in [2.05, 4.69) is 15.3 Å². The molecule has 3 rings (SSSR count). The number of amidine groups is 1. The van der Waals surface area contributed by atoms with Crippen molar-refractivity contribution in [3.63, 3.8) is 0 Å². The van der Waals surface area contributed by atoms with E-state index in [0.717, 1.165) is 6.07 Å². The van der Waals surface area contributed by atoms with Gasteiger partial charge in [-0.1, -0.05) is 11.8 Å². The predicted molar refractivity (Wildman–Crippen MR) is 101 cm³/mol. The quantitative estimate of drug-likeness (QED) is 0.833. The Morgan fingerprint density at radius 2 is 2.11 bits per heavy atom. The molecule has 0 saturated carbocycles. The number of nitrogens with two attached hydrogens (primary N) is 1. The predicted octanol–water partition coefficient (Wildman–Crippen LogP) is 3.29. The van der Waals surface area contributed by atoms with Crippen LogP contribution in [0.4, 0.5) is 14.5 Å². The summed E-state index contributed by atoms with van der Waals surface area (Å²) in [5, 5.41) is 2.93. The Balaban J connectivity index is 1.88. The normalized spacial score (nSPS) is 19.3.